The third kappa shape index (κ3) is 7.13. The summed E-state index contributed by atoms with van der Waals surface area (Å²) in [7, 11) is 1.20. The molecule has 12 heteroatoms. The van der Waals surface area contributed by atoms with Gasteiger partial charge in [-0.15, -0.1) is 0 Å². The van der Waals surface area contributed by atoms with E-state index in [2.05, 4.69) is 23.1 Å². The van der Waals surface area contributed by atoms with E-state index in [1.54, 1.807) is 47.7 Å². The fourth-order valence-electron chi connectivity index (χ4n) is 6.23. The summed E-state index contributed by atoms with van der Waals surface area (Å²) < 4.78 is 29.5. The Kier molecular flexibility index (Phi) is 10.5. The Morgan fingerprint density at radius 3 is 2.02 bits per heavy atom. The van der Waals surface area contributed by atoms with Crippen LogP contribution in [0.3, 0.4) is 0 Å². The van der Waals surface area contributed by atoms with Gasteiger partial charge in [0, 0.05) is 32.3 Å². The highest BCUT2D eigenvalue weighted by Crippen LogP contribution is 2.40. The minimum absolute atomic E-state index is 0.161. The monoisotopic (exact) mass is 651 g/mol. The molecule has 0 amide bonds. The van der Waals surface area contributed by atoms with Gasteiger partial charge in [0.1, 0.15) is 5.82 Å². The van der Waals surface area contributed by atoms with Crippen LogP contribution in [0.15, 0.2) is 42.6 Å². The van der Waals surface area contributed by atoms with Crippen molar-refractivity contribution in [2.24, 2.45) is 17.8 Å². The molecule has 1 aromatic carbocycles. The summed E-state index contributed by atoms with van der Waals surface area (Å²) in [5.41, 5.74) is 3.41. The van der Waals surface area contributed by atoms with Crippen molar-refractivity contribution < 1.29 is 42.9 Å². The van der Waals surface area contributed by atoms with Gasteiger partial charge in [0.05, 0.1) is 30.9 Å². The van der Waals surface area contributed by atoms with Crippen molar-refractivity contribution in [2.45, 2.75) is 84.6 Å². The van der Waals surface area contributed by atoms with Crippen molar-refractivity contribution >= 4 is 29.7 Å². The van der Waals surface area contributed by atoms with Gasteiger partial charge in [-0.1, -0.05) is 71.9 Å². The van der Waals surface area contributed by atoms with Crippen LogP contribution in [0.1, 0.15) is 64.3 Å². The van der Waals surface area contributed by atoms with E-state index in [0.29, 0.717) is 19.6 Å². The van der Waals surface area contributed by atoms with Crippen molar-refractivity contribution in [2.75, 3.05) is 31.6 Å². The first kappa shape index (κ1) is 34.3. The van der Waals surface area contributed by atoms with E-state index in [0.717, 1.165) is 23.4 Å². The molecule has 3 unspecified atom stereocenters. The fraction of sp³-hybridized carbons (Fsp3) is 0.571. The first-order chi connectivity index (χ1) is 22.4. The number of methoxy groups -OCH3 is 1. The molecular weight excluding hydrogens is 606 g/mol. The van der Waals surface area contributed by atoms with Crippen LogP contribution in [-0.4, -0.2) is 91.1 Å². The molecule has 0 N–H and O–H groups in total. The van der Waals surface area contributed by atoms with Gasteiger partial charge in [-0.25, -0.2) is 9.78 Å². The SMILES string of the molecule is COC(=O)[C@H]1OC(N2CCN3c4ncccc4Cc4ccccc4C3C2)[C@H](OC(=O)C(C)C)[C@H](OC(=O)C(C)C)C1OC(=O)C(C)C. The second kappa shape index (κ2) is 14.4. The van der Waals surface area contributed by atoms with Crippen molar-refractivity contribution in [3.8, 4) is 0 Å². The van der Waals surface area contributed by atoms with E-state index in [1.165, 1.54) is 12.7 Å². The first-order valence-corrected chi connectivity index (χ1v) is 16.3. The Hall–Kier alpha value is -4.03. The summed E-state index contributed by atoms with van der Waals surface area (Å²) in [5.74, 6) is -3.37. The predicted molar refractivity (Wildman–Crippen MR) is 170 cm³/mol. The topological polar surface area (TPSA) is 134 Å². The lowest BCUT2D eigenvalue weighted by Crippen LogP contribution is -2.69. The van der Waals surface area contributed by atoms with Crippen LogP contribution in [-0.2, 0) is 49.3 Å². The lowest BCUT2D eigenvalue weighted by atomic mass is 9.93. The number of carbonyl (C=O) groups excluding carboxylic acids is 4. The van der Waals surface area contributed by atoms with E-state index in [9.17, 15) is 19.2 Å². The molecule has 0 radical (unpaired) electrons. The molecule has 2 fully saturated rings. The molecule has 2 aromatic rings. The van der Waals surface area contributed by atoms with Crippen molar-refractivity contribution in [1.29, 1.82) is 0 Å². The number of piperazine rings is 1. The van der Waals surface area contributed by atoms with E-state index >= 15 is 0 Å². The van der Waals surface area contributed by atoms with Gasteiger partial charge in [0.2, 0.25) is 0 Å². The number of nitrogens with zero attached hydrogens (tertiary/aromatic N) is 3. The maximum absolute atomic E-state index is 13.3. The van der Waals surface area contributed by atoms with Gasteiger partial charge in [-0.2, -0.15) is 0 Å². The highest BCUT2D eigenvalue weighted by atomic mass is 16.7. The van der Waals surface area contributed by atoms with Crippen molar-refractivity contribution in [1.82, 2.24) is 9.88 Å². The molecule has 254 valence electrons. The van der Waals surface area contributed by atoms with Crippen LogP contribution in [0.25, 0.3) is 0 Å². The minimum atomic E-state index is -1.46. The van der Waals surface area contributed by atoms with Gasteiger partial charge in [-0.05, 0) is 22.8 Å². The molecule has 6 atom stereocenters. The highest BCUT2D eigenvalue weighted by molar-refractivity contribution is 5.78. The number of benzene rings is 1. The van der Waals surface area contributed by atoms with Gasteiger partial charge in [0.15, 0.2) is 30.6 Å². The second-order valence-electron chi connectivity index (χ2n) is 13.2. The third-order valence-electron chi connectivity index (χ3n) is 8.82. The van der Waals surface area contributed by atoms with Crippen molar-refractivity contribution in [3.63, 3.8) is 0 Å². The molecule has 3 aliphatic heterocycles. The van der Waals surface area contributed by atoms with Crippen LogP contribution in [0.5, 0.6) is 0 Å². The second-order valence-corrected chi connectivity index (χ2v) is 13.2. The summed E-state index contributed by atoms with van der Waals surface area (Å²) >= 11 is 0. The smallest absolute Gasteiger partial charge is 0.339 e. The number of fused-ring (bicyclic) bond motifs is 5. The number of hydrogen-bond donors (Lipinski definition) is 0. The Balaban J connectivity index is 1.59. The van der Waals surface area contributed by atoms with Gasteiger partial charge in [-0.3, -0.25) is 19.3 Å². The molecule has 0 bridgehead atoms. The average Bonchev–Trinajstić information content (AvgIpc) is 3.19. The Morgan fingerprint density at radius 2 is 1.38 bits per heavy atom. The number of rotatable bonds is 8. The minimum Gasteiger partial charge on any atom is -0.467 e. The number of esters is 4. The molecule has 0 saturated carbocycles. The summed E-state index contributed by atoms with van der Waals surface area (Å²) in [4.78, 5) is 61.7. The molecule has 1 aromatic heterocycles. The molecule has 47 heavy (non-hydrogen) atoms. The Bertz CT molecular complexity index is 1480. The normalized spacial score (nSPS) is 25.7. The standard InChI is InChI=1S/C35H45N3O9/c1-19(2)32(39)45-26-27(46-33(40)20(3)4)29(35(42)43-7)44-31(28(26)47-34(41)21(5)6)37-15-16-38-25(18-37)24-13-9-8-11-22(24)17-23-12-10-14-36-30(23)38/h8-14,19-21,25-29,31H,15-18H2,1-7H3/t25?,26-,27?,28-,29+,31?/m1/s1. The van der Waals surface area contributed by atoms with Crippen LogP contribution >= 0.6 is 0 Å². The third-order valence-corrected chi connectivity index (χ3v) is 8.82. The summed E-state index contributed by atoms with van der Waals surface area (Å²) in [5, 5.41) is 0. The van der Waals surface area contributed by atoms with Crippen molar-refractivity contribution in [3.05, 3.63) is 59.3 Å². The maximum Gasteiger partial charge on any atom is 0.339 e. The predicted octanol–water partition coefficient (Wildman–Crippen LogP) is 3.45. The average molecular weight is 652 g/mol. The largest absolute Gasteiger partial charge is 0.467 e. The number of ether oxygens (including phenoxy) is 5. The zero-order valence-electron chi connectivity index (χ0n) is 28.1. The molecule has 0 spiro atoms. The lowest BCUT2D eigenvalue weighted by Gasteiger charge is -2.51. The molecule has 4 heterocycles. The lowest BCUT2D eigenvalue weighted by molar-refractivity contribution is -0.276. The van der Waals surface area contributed by atoms with Crippen LogP contribution in [0, 0.1) is 17.8 Å². The number of aromatic nitrogens is 1. The van der Waals surface area contributed by atoms with E-state index < -0.39 is 72.3 Å². The molecule has 5 rings (SSSR count). The Morgan fingerprint density at radius 1 is 0.787 bits per heavy atom. The number of pyridine rings is 1. The quantitative estimate of drug-likeness (QED) is 0.306. The van der Waals surface area contributed by atoms with E-state index in [4.69, 9.17) is 28.7 Å². The van der Waals surface area contributed by atoms with E-state index in [1.807, 2.05) is 23.1 Å². The molecule has 0 aliphatic carbocycles. The van der Waals surface area contributed by atoms with Gasteiger partial charge >= 0.3 is 23.9 Å². The fourth-order valence-corrected chi connectivity index (χ4v) is 6.23. The molecule has 3 aliphatic rings. The maximum atomic E-state index is 13.3. The number of hydrogen-bond acceptors (Lipinski definition) is 12. The summed E-state index contributed by atoms with van der Waals surface area (Å²) in [6.45, 7) is 11.4. The zero-order chi connectivity index (χ0) is 34.0. The van der Waals surface area contributed by atoms with Crippen LogP contribution in [0.4, 0.5) is 5.82 Å². The van der Waals surface area contributed by atoms with Gasteiger partial charge in [0.25, 0.3) is 0 Å². The number of anilines is 1. The first-order valence-electron chi connectivity index (χ1n) is 16.3. The summed E-state index contributed by atoms with van der Waals surface area (Å²) in [6, 6.07) is 12.1. The molecule has 2 saturated heterocycles. The number of carbonyl (C=O) groups is 4. The van der Waals surface area contributed by atoms with Crippen LogP contribution < -0.4 is 4.90 Å². The van der Waals surface area contributed by atoms with Crippen LogP contribution in [0.2, 0.25) is 0 Å². The van der Waals surface area contributed by atoms with E-state index in [-0.39, 0.29) is 6.04 Å². The molecular formula is C35H45N3O9. The Labute approximate surface area is 275 Å². The highest BCUT2D eigenvalue weighted by Gasteiger charge is 2.57. The summed E-state index contributed by atoms with van der Waals surface area (Å²) in [6.07, 6.45) is -4.04. The zero-order valence-corrected chi connectivity index (χ0v) is 28.1. The molecule has 12 nitrogen and oxygen atoms in total. The van der Waals surface area contributed by atoms with Gasteiger partial charge < -0.3 is 28.6 Å².